The summed E-state index contributed by atoms with van der Waals surface area (Å²) in [5, 5.41) is 2.79. The lowest BCUT2D eigenvalue weighted by Crippen LogP contribution is -2.36. The average molecular weight is 346 g/mol. The Hall–Kier alpha value is -2.25. The van der Waals surface area contributed by atoms with Crippen molar-refractivity contribution in [3.05, 3.63) is 34.9 Å². The molecule has 1 aromatic carbocycles. The molecule has 2 aliphatic rings. The molecule has 3 rings (SSSR count). The fraction of sp³-hybridized carbons (Fsp3) is 0.500. The van der Waals surface area contributed by atoms with E-state index in [-0.39, 0.29) is 42.0 Å². The van der Waals surface area contributed by atoms with Gasteiger partial charge >= 0.3 is 0 Å². The first kappa shape index (κ1) is 17.6. The lowest BCUT2D eigenvalue weighted by atomic mass is 10.1. The predicted octanol–water partition coefficient (Wildman–Crippen LogP) is 1.23. The van der Waals surface area contributed by atoms with Crippen LogP contribution in [0.25, 0.3) is 0 Å². The van der Waals surface area contributed by atoms with E-state index in [1.165, 1.54) is 11.0 Å². The van der Waals surface area contributed by atoms with Crippen molar-refractivity contribution in [3.63, 3.8) is 0 Å². The number of nitrogens with one attached hydrogen (secondary N) is 1. The van der Waals surface area contributed by atoms with Gasteiger partial charge < -0.3 is 14.8 Å². The summed E-state index contributed by atoms with van der Waals surface area (Å²) in [5.74, 6) is -0.990. The molecule has 0 aliphatic carbocycles. The van der Waals surface area contributed by atoms with Crippen molar-refractivity contribution in [3.8, 4) is 0 Å². The van der Waals surface area contributed by atoms with Gasteiger partial charge in [-0.15, -0.1) is 0 Å². The highest BCUT2D eigenvalue weighted by Crippen LogP contribution is 2.26. The minimum Gasteiger partial charge on any atom is -0.383 e. The number of carbonyl (C=O) groups is 3. The number of rotatable bonds is 6. The Balaban J connectivity index is 1.75. The van der Waals surface area contributed by atoms with Gasteiger partial charge in [0.1, 0.15) is 0 Å². The van der Waals surface area contributed by atoms with E-state index < -0.39 is 0 Å². The van der Waals surface area contributed by atoms with Crippen molar-refractivity contribution in [2.24, 2.45) is 0 Å². The number of imide groups is 1. The van der Waals surface area contributed by atoms with Crippen molar-refractivity contribution in [1.29, 1.82) is 0 Å². The molecule has 1 aromatic rings. The van der Waals surface area contributed by atoms with Gasteiger partial charge in [0.25, 0.3) is 17.7 Å². The van der Waals surface area contributed by atoms with Gasteiger partial charge in [-0.3, -0.25) is 19.3 Å². The van der Waals surface area contributed by atoms with Crippen LogP contribution in [0.1, 0.15) is 50.8 Å². The Bertz CT molecular complexity index is 697. The molecular weight excluding hydrogens is 324 g/mol. The zero-order valence-electron chi connectivity index (χ0n) is 14.4. The van der Waals surface area contributed by atoms with E-state index in [0.29, 0.717) is 24.3 Å². The third-order valence-electron chi connectivity index (χ3n) is 4.44. The van der Waals surface area contributed by atoms with E-state index in [9.17, 15) is 14.4 Å². The normalized spacial score (nSPS) is 20.7. The molecule has 1 fully saturated rings. The summed E-state index contributed by atoms with van der Waals surface area (Å²) < 4.78 is 10.5. The second-order valence-corrected chi connectivity index (χ2v) is 6.45. The van der Waals surface area contributed by atoms with E-state index in [0.717, 1.165) is 12.8 Å². The lowest BCUT2D eigenvalue weighted by molar-refractivity contribution is 0.0475. The van der Waals surface area contributed by atoms with E-state index in [1.807, 2.05) is 6.92 Å². The van der Waals surface area contributed by atoms with E-state index in [2.05, 4.69) is 5.32 Å². The predicted molar refractivity (Wildman–Crippen MR) is 89.6 cm³/mol. The van der Waals surface area contributed by atoms with Gasteiger partial charge in [-0.1, -0.05) is 0 Å². The first-order valence-electron chi connectivity index (χ1n) is 8.43. The molecule has 0 saturated carbocycles. The number of amides is 3. The molecule has 2 heterocycles. The number of hydrogen-bond acceptors (Lipinski definition) is 5. The quantitative estimate of drug-likeness (QED) is 0.783. The van der Waals surface area contributed by atoms with Crippen molar-refractivity contribution in [1.82, 2.24) is 10.2 Å². The van der Waals surface area contributed by atoms with Crippen LogP contribution in [0.5, 0.6) is 0 Å². The van der Waals surface area contributed by atoms with Gasteiger partial charge in [-0.2, -0.15) is 0 Å². The average Bonchev–Trinajstić information content (AvgIpc) is 3.18. The van der Waals surface area contributed by atoms with Gasteiger partial charge in [0.05, 0.1) is 30.4 Å². The van der Waals surface area contributed by atoms with E-state index in [1.54, 1.807) is 19.2 Å². The van der Waals surface area contributed by atoms with Crippen molar-refractivity contribution >= 4 is 17.7 Å². The lowest BCUT2D eigenvalue weighted by Gasteiger charge is -2.17. The van der Waals surface area contributed by atoms with Crippen LogP contribution in [-0.2, 0) is 9.47 Å². The highest BCUT2D eigenvalue weighted by molar-refractivity contribution is 6.22. The molecule has 7 nitrogen and oxygen atoms in total. The van der Waals surface area contributed by atoms with Crippen molar-refractivity contribution in [2.45, 2.75) is 31.9 Å². The molecule has 0 aromatic heterocycles. The fourth-order valence-corrected chi connectivity index (χ4v) is 3.19. The minimum absolute atomic E-state index is 0.0973. The summed E-state index contributed by atoms with van der Waals surface area (Å²) in [6.07, 6.45) is 1.69. The first-order chi connectivity index (χ1) is 12.0. The summed E-state index contributed by atoms with van der Waals surface area (Å²) in [5.41, 5.74) is 0.960. The van der Waals surface area contributed by atoms with Gasteiger partial charge in [0, 0.05) is 25.3 Å². The maximum absolute atomic E-state index is 12.6. The standard InChI is InChI=1S/C18H22N2O5/c1-11(10-24-2)19-16(21)12-5-6-14-15(8-12)18(23)20(17(14)22)9-13-4-3-7-25-13/h5-6,8,11,13H,3-4,7,9-10H2,1-2H3,(H,19,21). The Labute approximate surface area is 146 Å². The Morgan fingerprint density at radius 2 is 2.12 bits per heavy atom. The molecule has 1 N–H and O–H groups in total. The molecule has 134 valence electrons. The van der Waals surface area contributed by atoms with Crippen molar-refractivity contribution in [2.75, 3.05) is 26.9 Å². The van der Waals surface area contributed by atoms with Gasteiger partial charge in [-0.05, 0) is 38.0 Å². The molecule has 2 atom stereocenters. The van der Waals surface area contributed by atoms with Crippen molar-refractivity contribution < 1.29 is 23.9 Å². The molecule has 2 unspecified atom stereocenters. The maximum atomic E-state index is 12.6. The van der Waals surface area contributed by atoms with Gasteiger partial charge in [0.15, 0.2) is 0 Å². The largest absolute Gasteiger partial charge is 0.383 e. The highest BCUT2D eigenvalue weighted by Gasteiger charge is 2.37. The Morgan fingerprint density at radius 1 is 1.36 bits per heavy atom. The van der Waals surface area contributed by atoms with Crippen LogP contribution in [0, 0.1) is 0 Å². The SMILES string of the molecule is COCC(C)NC(=O)c1ccc2c(c1)C(=O)N(CC1CCCO1)C2=O. The Morgan fingerprint density at radius 3 is 2.80 bits per heavy atom. The molecule has 0 radical (unpaired) electrons. The topological polar surface area (TPSA) is 84.9 Å². The second kappa shape index (κ2) is 7.33. The van der Waals surface area contributed by atoms with E-state index in [4.69, 9.17) is 9.47 Å². The number of ether oxygens (including phenoxy) is 2. The third kappa shape index (κ3) is 3.57. The number of carbonyl (C=O) groups excluding carboxylic acids is 3. The second-order valence-electron chi connectivity index (χ2n) is 6.45. The summed E-state index contributed by atoms with van der Waals surface area (Å²) in [7, 11) is 1.56. The molecule has 25 heavy (non-hydrogen) atoms. The zero-order valence-corrected chi connectivity index (χ0v) is 14.4. The molecule has 0 bridgehead atoms. The monoisotopic (exact) mass is 346 g/mol. The first-order valence-corrected chi connectivity index (χ1v) is 8.43. The highest BCUT2D eigenvalue weighted by atomic mass is 16.5. The summed E-state index contributed by atoms with van der Waals surface area (Å²) in [4.78, 5) is 38.6. The maximum Gasteiger partial charge on any atom is 0.261 e. The summed E-state index contributed by atoms with van der Waals surface area (Å²) >= 11 is 0. The molecule has 3 amide bonds. The van der Waals surface area contributed by atoms with Crippen LogP contribution < -0.4 is 5.32 Å². The van der Waals surface area contributed by atoms with Crippen LogP contribution in [-0.4, -0.2) is 61.6 Å². The van der Waals surface area contributed by atoms with Gasteiger partial charge in [-0.25, -0.2) is 0 Å². The number of fused-ring (bicyclic) bond motifs is 1. The fourth-order valence-electron chi connectivity index (χ4n) is 3.19. The smallest absolute Gasteiger partial charge is 0.261 e. The zero-order chi connectivity index (χ0) is 18.0. The van der Waals surface area contributed by atoms with Crippen LogP contribution >= 0.6 is 0 Å². The molecule has 2 aliphatic heterocycles. The van der Waals surface area contributed by atoms with Crippen LogP contribution in [0.3, 0.4) is 0 Å². The Kier molecular flexibility index (Phi) is 5.15. The van der Waals surface area contributed by atoms with Crippen LogP contribution in [0.15, 0.2) is 18.2 Å². The molecular formula is C18H22N2O5. The molecule has 1 saturated heterocycles. The van der Waals surface area contributed by atoms with E-state index >= 15 is 0 Å². The number of methoxy groups -OCH3 is 1. The van der Waals surface area contributed by atoms with Crippen LogP contribution in [0.4, 0.5) is 0 Å². The number of benzene rings is 1. The molecule has 7 heteroatoms. The van der Waals surface area contributed by atoms with Gasteiger partial charge in [0.2, 0.25) is 0 Å². The third-order valence-corrected chi connectivity index (χ3v) is 4.44. The minimum atomic E-state index is -0.366. The number of hydrogen-bond donors (Lipinski definition) is 1. The summed E-state index contributed by atoms with van der Waals surface area (Å²) in [6, 6.07) is 4.44. The van der Waals surface area contributed by atoms with Crippen LogP contribution in [0.2, 0.25) is 0 Å². The number of nitrogens with zero attached hydrogens (tertiary/aromatic N) is 1. The summed E-state index contributed by atoms with van der Waals surface area (Å²) in [6.45, 7) is 3.15. The molecule has 0 spiro atoms.